The van der Waals surface area contributed by atoms with Crippen molar-refractivity contribution in [2.75, 3.05) is 0 Å². The molecule has 1 aromatic heterocycles. The number of aromatic amines is 1. The Morgan fingerprint density at radius 3 is 2.54 bits per heavy atom. The van der Waals surface area contributed by atoms with Crippen molar-refractivity contribution in [2.24, 2.45) is 0 Å². The largest absolute Gasteiger partial charge is 0.262 e. The molecule has 0 saturated heterocycles. The molecule has 1 aliphatic carbocycles. The molecule has 1 heterocycles. The SMILES string of the molecule is CC1(c2nc(Br)n[nH]2)CCCCC1. The summed E-state index contributed by atoms with van der Waals surface area (Å²) in [5.74, 6) is 1.04. The fraction of sp³-hybridized carbons (Fsp3) is 0.778. The van der Waals surface area contributed by atoms with E-state index in [4.69, 9.17) is 0 Å². The Morgan fingerprint density at radius 1 is 1.31 bits per heavy atom. The van der Waals surface area contributed by atoms with Crippen LogP contribution in [0.25, 0.3) is 0 Å². The number of nitrogens with one attached hydrogen (secondary N) is 1. The third-order valence-corrected chi connectivity index (χ3v) is 3.34. The van der Waals surface area contributed by atoms with Crippen LogP contribution in [0.2, 0.25) is 0 Å². The number of aromatic nitrogens is 3. The van der Waals surface area contributed by atoms with Crippen LogP contribution in [0.5, 0.6) is 0 Å². The second-order valence-electron chi connectivity index (χ2n) is 4.07. The molecule has 1 saturated carbocycles. The number of halogens is 1. The lowest BCUT2D eigenvalue weighted by molar-refractivity contribution is 0.304. The first-order chi connectivity index (χ1) is 6.21. The summed E-state index contributed by atoms with van der Waals surface area (Å²) in [5.41, 5.74) is 0.233. The van der Waals surface area contributed by atoms with Crippen molar-refractivity contribution >= 4 is 15.9 Å². The minimum Gasteiger partial charge on any atom is -0.262 e. The average Bonchev–Trinajstić information content (AvgIpc) is 2.54. The molecular formula is C9H14BrN3. The Bertz CT molecular complexity index is 289. The van der Waals surface area contributed by atoms with Crippen LogP contribution in [0.4, 0.5) is 0 Å². The van der Waals surface area contributed by atoms with Gasteiger partial charge in [-0.25, -0.2) is 4.98 Å². The van der Waals surface area contributed by atoms with Crippen molar-refractivity contribution in [2.45, 2.75) is 44.4 Å². The number of rotatable bonds is 1. The van der Waals surface area contributed by atoms with Crippen molar-refractivity contribution in [3.05, 3.63) is 10.6 Å². The van der Waals surface area contributed by atoms with Gasteiger partial charge in [-0.3, -0.25) is 5.10 Å². The smallest absolute Gasteiger partial charge is 0.217 e. The van der Waals surface area contributed by atoms with Crippen LogP contribution in [-0.2, 0) is 5.41 Å². The highest BCUT2D eigenvalue weighted by Gasteiger charge is 2.31. The Balaban J connectivity index is 2.22. The van der Waals surface area contributed by atoms with E-state index in [1.54, 1.807) is 0 Å². The van der Waals surface area contributed by atoms with Gasteiger partial charge < -0.3 is 0 Å². The average molecular weight is 244 g/mol. The molecule has 0 radical (unpaired) electrons. The molecular weight excluding hydrogens is 230 g/mol. The molecule has 0 amide bonds. The molecule has 1 N–H and O–H groups in total. The topological polar surface area (TPSA) is 41.6 Å². The molecule has 0 aromatic carbocycles. The van der Waals surface area contributed by atoms with Crippen molar-refractivity contribution in [1.29, 1.82) is 0 Å². The molecule has 4 heteroatoms. The third-order valence-electron chi connectivity index (χ3n) is 2.99. The van der Waals surface area contributed by atoms with Crippen LogP contribution in [0, 0.1) is 0 Å². The predicted molar refractivity (Wildman–Crippen MR) is 54.5 cm³/mol. The van der Waals surface area contributed by atoms with E-state index in [0.29, 0.717) is 4.73 Å². The Labute approximate surface area is 86.5 Å². The summed E-state index contributed by atoms with van der Waals surface area (Å²) in [6.45, 7) is 2.28. The molecule has 13 heavy (non-hydrogen) atoms. The minimum absolute atomic E-state index is 0.233. The lowest BCUT2D eigenvalue weighted by atomic mass is 9.75. The summed E-state index contributed by atoms with van der Waals surface area (Å²) in [6.07, 6.45) is 6.46. The van der Waals surface area contributed by atoms with Gasteiger partial charge in [0.05, 0.1) is 0 Å². The summed E-state index contributed by atoms with van der Waals surface area (Å²) >= 11 is 3.27. The molecule has 0 bridgehead atoms. The van der Waals surface area contributed by atoms with E-state index >= 15 is 0 Å². The minimum atomic E-state index is 0.233. The Morgan fingerprint density at radius 2 is 2.00 bits per heavy atom. The molecule has 72 valence electrons. The summed E-state index contributed by atoms with van der Waals surface area (Å²) in [4.78, 5) is 4.36. The molecule has 0 atom stereocenters. The van der Waals surface area contributed by atoms with Gasteiger partial charge in [0.15, 0.2) is 0 Å². The zero-order valence-corrected chi connectivity index (χ0v) is 9.39. The van der Waals surface area contributed by atoms with Crippen LogP contribution in [0.1, 0.15) is 44.9 Å². The van der Waals surface area contributed by atoms with Gasteiger partial charge >= 0.3 is 0 Å². The first-order valence-corrected chi connectivity index (χ1v) is 5.58. The summed E-state index contributed by atoms with van der Waals surface area (Å²) in [5, 5.41) is 7.03. The highest BCUT2D eigenvalue weighted by Crippen LogP contribution is 2.37. The van der Waals surface area contributed by atoms with Crippen molar-refractivity contribution in [3.63, 3.8) is 0 Å². The molecule has 0 aliphatic heterocycles. The van der Waals surface area contributed by atoms with Crippen LogP contribution < -0.4 is 0 Å². The molecule has 3 nitrogen and oxygen atoms in total. The predicted octanol–water partition coefficient (Wildman–Crippen LogP) is 2.79. The van der Waals surface area contributed by atoms with E-state index in [1.807, 2.05) is 0 Å². The quantitative estimate of drug-likeness (QED) is 0.825. The third kappa shape index (κ3) is 1.77. The number of nitrogens with zero attached hydrogens (tertiary/aromatic N) is 2. The van der Waals surface area contributed by atoms with E-state index in [9.17, 15) is 0 Å². The van der Waals surface area contributed by atoms with E-state index in [1.165, 1.54) is 32.1 Å². The standard InChI is InChI=1S/C9H14BrN3/c1-9(5-3-2-4-6-9)7-11-8(10)13-12-7/h2-6H2,1H3,(H,11,12,13). The molecule has 1 fully saturated rings. The maximum absolute atomic E-state index is 4.36. The second-order valence-corrected chi connectivity index (χ2v) is 4.78. The van der Waals surface area contributed by atoms with Crippen molar-refractivity contribution in [1.82, 2.24) is 15.2 Å². The van der Waals surface area contributed by atoms with Gasteiger partial charge in [-0.05, 0) is 28.8 Å². The zero-order chi connectivity index (χ0) is 9.31. The van der Waals surface area contributed by atoms with Crippen LogP contribution in [0.15, 0.2) is 4.73 Å². The Hall–Kier alpha value is -0.380. The van der Waals surface area contributed by atoms with Gasteiger partial charge in [0.2, 0.25) is 4.73 Å². The highest BCUT2D eigenvalue weighted by molar-refractivity contribution is 9.10. The van der Waals surface area contributed by atoms with E-state index < -0.39 is 0 Å². The van der Waals surface area contributed by atoms with E-state index in [0.717, 1.165) is 5.82 Å². The fourth-order valence-corrected chi connectivity index (χ4v) is 2.35. The first kappa shape index (κ1) is 9.19. The summed E-state index contributed by atoms with van der Waals surface area (Å²) in [6, 6.07) is 0. The van der Waals surface area contributed by atoms with Crippen LogP contribution in [-0.4, -0.2) is 15.2 Å². The summed E-state index contributed by atoms with van der Waals surface area (Å²) < 4.78 is 0.675. The van der Waals surface area contributed by atoms with E-state index in [-0.39, 0.29) is 5.41 Å². The van der Waals surface area contributed by atoms with Crippen molar-refractivity contribution < 1.29 is 0 Å². The van der Waals surface area contributed by atoms with Crippen LogP contribution in [0.3, 0.4) is 0 Å². The lowest BCUT2D eigenvalue weighted by Gasteiger charge is -2.30. The van der Waals surface area contributed by atoms with Gasteiger partial charge in [-0.15, -0.1) is 5.10 Å². The summed E-state index contributed by atoms with van der Waals surface area (Å²) in [7, 11) is 0. The molecule has 1 aromatic rings. The maximum atomic E-state index is 4.36. The normalized spacial score (nSPS) is 21.7. The van der Waals surface area contributed by atoms with Crippen molar-refractivity contribution in [3.8, 4) is 0 Å². The Kier molecular flexibility index (Phi) is 2.41. The number of hydrogen-bond acceptors (Lipinski definition) is 2. The lowest BCUT2D eigenvalue weighted by Crippen LogP contribution is -2.26. The number of hydrogen-bond donors (Lipinski definition) is 1. The highest BCUT2D eigenvalue weighted by atomic mass is 79.9. The first-order valence-electron chi connectivity index (χ1n) is 4.79. The molecule has 0 spiro atoms. The van der Waals surface area contributed by atoms with Gasteiger partial charge in [0.25, 0.3) is 0 Å². The van der Waals surface area contributed by atoms with E-state index in [2.05, 4.69) is 38.0 Å². The number of H-pyrrole nitrogens is 1. The second kappa shape index (κ2) is 3.40. The molecule has 1 aliphatic rings. The zero-order valence-electron chi connectivity index (χ0n) is 7.81. The van der Waals surface area contributed by atoms with Gasteiger partial charge in [0, 0.05) is 5.41 Å². The van der Waals surface area contributed by atoms with Gasteiger partial charge in [0.1, 0.15) is 5.82 Å². The molecule has 0 unspecified atom stereocenters. The molecule has 2 rings (SSSR count). The van der Waals surface area contributed by atoms with Crippen LogP contribution >= 0.6 is 15.9 Å². The fourth-order valence-electron chi connectivity index (χ4n) is 2.08. The van der Waals surface area contributed by atoms with Gasteiger partial charge in [-0.1, -0.05) is 26.2 Å². The monoisotopic (exact) mass is 243 g/mol. The maximum Gasteiger partial charge on any atom is 0.217 e. The van der Waals surface area contributed by atoms with Gasteiger partial charge in [-0.2, -0.15) is 0 Å².